The zero-order chi connectivity index (χ0) is 9.61. The molecule has 0 radical (unpaired) electrons. The van der Waals surface area contributed by atoms with Crippen molar-refractivity contribution < 1.29 is 5.11 Å². The van der Waals surface area contributed by atoms with Crippen LogP contribution in [-0.2, 0) is 0 Å². The Balaban J connectivity index is 3.50. The van der Waals surface area contributed by atoms with E-state index in [1.165, 1.54) is 5.57 Å². The molecule has 0 spiro atoms. The smallest absolute Gasteiger partial charge is 0.0591 e. The quantitative estimate of drug-likeness (QED) is 0.620. The van der Waals surface area contributed by atoms with Crippen LogP contribution in [0.1, 0.15) is 40.0 Å². The van der Waals surface area contributed by atoms with Gasteiger partial charge in [-0.1, -0.05) is 11.6 Å². The molecule has 0 rings (SSSR count). The van der Waals surface area contributed by atoms with Gasteiger partial charge in [0.1, 0.15) is 0 Å². The maximum Gasteiger partial charge on any atom is 0.0591 e. The summed E-state index contributed by atoms with van der Waals surface area (Å²) in [4.78, 5) is 0. The highest BCUT2D eigenvalue weighted by molar-refractivity contribution is 4.98. The summed E-state index contributed by atoms with van der Waals surface area (Å²) in [7, 11) is 0. The van der Waals surface area contributed by atoms with E-state index in [9.17, 15) is 5.11 Å². The van der Waals surface area contributed by atoms with Gasteiger partial charge in [-0.25, -0.2) is 0 Å². The van der Waals surface area contributed by atoms with Crippen LogP contribution in [0.5, 0.6) is 0 Å². The Morgan fingerprint density at radius 2 is 2.08 bits per heavy atom. The van der Waals surface area contributed by atoms with Gasteiger partial charge in [-0.2, -0.15) is 0 Å². The van der Waals surface area contributed by atoms with Crippen molar-refractivity contribution in [3.63, 3.8) is 0 Å². The zero-order valence-electron chi connectivity index (χ0n) is 8.43. The molecule has 0 fully saturated rings. The van der Waals surface area contributed by atoms with E-state index >= 15 is 0 Å². The molecule has 12 heavy (non-hydrogen) atoms. The minimum atomic E-state index is -0.525. The topological polar surface area (TPSA) is 46.2 Å². The standard InChI is InChI=1S/C10H21NO/c1-9(6-8-11)5-4-7-10(2,3)12/h6,12H,4-5,7-8,11H2,1-3H3. The lowest BCUT2D eigenvalue weighted by atomic mass is 9.99. The molecule has 0 aliphatic rings. The summed E-state index contributed by atoms with van der Waals surface area (Å²) >= 11 is 0. The van der Waals surface area contributed by atoms with Crippen molar-refractivity contribution in [1.29, 1.82) is 0 Å². The second-order valence-electron chi connectivity index (χ2n) is 3.95. The van der Waals surface area contributed by atoms with Gasteiger partial charge in [0, 0.05) is 6.54 Å². The second kappa shape index (κ2) is 5.33. The molecule has 0 saturated heterocycles. The van der Waals surface area contributed by atoms with Crippen LogP contribution in [-0.4, -0.2) is 17.3 Å². The van der Waals surface area contributed by atoms with Gasteiger partial charge in [-0.15, -0.1) is 0 Å². The maximum atomic E-state index is 9.42. The lowest BCUT2D eigenvalue weighted by molar-refractivity contribution is 0.0689. The largest absolute Gasteiger partial charge is 0.390 e. The average molecular weight is 171 g/mol. The highest BCUT2D eigenvalue weighted by Gasteiger charge is 2.10. The molecule has 72 valence electrons. The van der Waals surface area contributed by atoms with Crippen molar-refractivity contribution in [2.24, 2.45) is 5.73 Å². The maximum absolute atomic E-state index is 9.42. The van der Waals surface area contributed by atoms with Crippen molar-refractivity contribution in [1.82, 2.24) is 0 Å². The molecule has 0 aromatic heterocycles. The molecule has 0 aromatic carbocycles. The fourth-order valence-corrected chi connectivity index (χ4v) is 1.10. The van der Waals surface area contributed by atoms with Crippen molar-refractivity contribution in [2.45, 2.75) is 45.6 Å². The van der Waals surface area contributed by atoms with Gasteiger partial charge >= 0.3 is 0 Å². The molecule has 2 heteroatoms. The van der Waals surface area contributed by atoms with Crippen molar-refractivity contribution in [3.05, 3.63) is 11.6 Å². The summed E-state index contributed by atoms with van der Waals surface area (Å²) < 4.78 is 0. The Labute approximate surface area is 75.5 Å². The highest BCUT2D eigenvalue weighted by atomic mass is 16.3. The monoisotopic (exact) mass is 171 g/mol. The van der Waals surface area contributed by atoms with Gasteiger partial charge in [0.25, 0.3) is 0 Å². The van der Waals surface area contributed by atoms with Gasteiger partial charge in [0.2, 0.25) is 0 Å². The Morgan fingerprint density at radius 1 is 1.50 bits per heavy atom. The van der Waals surface area contributed by atoms with Crippen LogP contribution in [0, 0.1) is 0 Å². The number of rotatable bonds is 5. The van der Waals surface area contributed by atoms with Crippen LogP contribution in [0.4, 0.5) is 0 Å². The van der Waals surface area contributed by atoms with Crippen LogP contribution in [0.3, 0.4) is 0 Å². The molecule has 2 nitrogen and oxygen atoms in total. The van der Waals surface area contributed by atoms with Crippen LogP contribution in [0.2, 0.25) is 0 Å². The fraction of sp³-hybridized carbons (Fsp3) is 0.800. The normalized spacial score (nSPS) is 13.6. The van der Waals surface area contributed by atoms with Crippen LogP contribution in [0.25, 0.3) is 0 Å². The first-order chi connectivity index (χ1) is 5.45. The molecule has 0 heterocycles. The van der Waals surface area contributed by atoms with E-state index in [4.69, 9.17) is 5.73 Å². The van der Waals surface area contributed by atoms with Crippen molar-refractivity contribution in [2.75, 3.05) is 6.54 Å². The third kappa shape index (κ3) is 7.76. The van der Waals surface area contributed by atoms with E-state index in [1.807, 2.05) is 19.9 Å². The Kier molecular flexibility index (Phi) is 5.18. The molecular formula is C10H21NO. The van der Waals surface area contributed by atoms with E-state index in [1.54, 1.807) is 0 Å². The number of hydrogen-bond donors (Lipinski definition) is 2. The molecule has 0 aliphatic carbocycles. The number of hydrogen-bond acceptors (Lipinski definition) is 2. The van der Waals surface area contributed by atoms with Crippen LogP contribution in [0.15, 0.2) is 11.6 Å². The molecule has 0 unspecified atom stereocenters. The van der Waals surface area contributed by atoms with Gasteiger partial charge in [-0.3, -0.25) is 0 Å². The lowest BCUT2D eigenvalue weighted by Gasteiger charge is -2.16. The molecule has 0 bridgehead atoms. The van der Waals surface area contributed by atoms with E-state index in [-0.39, 0.29) is 0 Å². The first-order valence-corrected chi connectivity index (χ1v) is 4.54. The van der Waals surface area contributed by atoms with E-state index < -0.39 is 5.60 Å². The van der Waals surface area contributed by atoms with Crippen molar-refractivity contribution >= 4 is 0 Å². The minimum absolute atomic E-state index is 0.525. The predicted octanol–water partition coefficient (Wildman–Crippen LogP) is 1.83. The molecule has 0 saturated carbocycles. The summed E-state index contributed by atoms with van der Waals surface area (Å²) in [6.07, 6.45) is 4.96. The van der Waals surface area contributed by atoms with E-state index in [0.717, 1.165) is 19.3 Å². The molecule has 0 atom stereocenters. The highest BCUT2D eigenvalue weighted by Crippen LogP contribution is 2.14. The second-order valence-corrected chi connectivity index (χ2v) is 3.95. The Bertz CT molecular complexity index is 144. The Morgan fingerprint density at radius 3 is 2.50 bits per heavy atom. The lowest BCUT2D eigenvalue weighted by Crippen LogP contribution is -2.17. The number of allylic oxidation sites excluding steroid dienone is 1. The molecule has 0 amide bonds. The van der Waals surface area contributed by atoms with Gasteiger partial charge < -0.3 is 10.8 Å². The Hall–Kier alpha value is -0.340. The first-order valence-electron chi connectivity index (χ1n) is 4.54. The van der Waals surface area contributed by atoms with Gasteiger partial charge in [0.05, 0.1) is 5.60 Å². The van der Waals surface area contributed by atoms with E-state index in [0.29, 0.717) is 6.54 Å². The average Bonchev–Trinajstić information content (AvgIpc) is 1.84. The zero-order valence-corrected chi connectivity index (χ0v) is 8.43. The number of nitrogens with two attached hydrogens (primary N) is 1. The van der Waals surface area contributed by atoms with E-state index in [2.05, 4.69) is 6.92 Å². The summed E-state index contributed by atoms with van der Waals surface area (Å²) in [6, 6.07) is 0. The first kappa shape index (κ1) is 11.7. The molecule has 0 aliphatic heterocycles. The SMILES string of the molecule is CC(=CCN)CCCC(C)(C)O. The van der Waals surface area contributed by atoms with Crippen LogP contribution < -0.4 is 5.73 Å². The van der Waals surface area contributed by atoms with Gasteiger partial charge in [-0.05, 0) is 40.0 Å². The predicted molar refractivity (Wildman–Crippen MR) is 53.0 cm³/mol. The summed E-state index contributed by atoms with van der Waals surface area (Å²) in [5.41, 5.74) is 6.16. The summed E-state index contributed by atoms with van der Waals surface area (Å²) in [6.45, 7) is 6.38. The third-order valence-corrected chi connectivity index (χ3v) is 1.83. The summed E-state index contributed by atoms with van der Waals surface area (Å²) in [5.74, 6) is 0. The number of aliphatic hydroxyl groups is 1. The molecule has 0 aromatic rings. The summed E-state index contributed by atoms with van der Waals surface area (Å²) in [5, 5.41) is 9.42. The van der Waals surface area contributed by atoms with Crippen molar-refractivity contribution in [3.8, 4) is 0 Å². The van der Waals surface area contributed by atoms with Gasteiger partial charge in [0.15, 0.2) is 0 Å². The molecular weight excluding hydrogens is 150 g/mol. The minimum Gasteiger partial charge on any atom is -0.390 e. The van der Waals surface area contributed by atoms with Crippen LogP contribution >= 0.6 is 0 Å². The fourth-order valence-electron chi connectivity index (χ4n) is 1.10. The third-order valence-electron chi connectivity index (χ3n) is 1.83. The molecule has 3 N–H and O–H groups in total.